The Labute approximate surface area is 157 Å². The first kappa shape index (κ1) is 15.8. The van der Waals surface area contributed by atoms with Crippen molar-refractivity contribution < 1.29 is 19.1 Å². The molecule has 4 aliphatic heterocycles. The fraction of sp³-hybridized carbons (Fsp3) is 0.524. The average Bonchev–Trinajstić information content (AvgIpc) is 3.30. The SMILES string of the molecule is C/C=C1\CN2[C@@H]3C[C@@]45c6ccccc6N[C@]4(O3)[C@@H]2C[C@H]1[C@]5(C=O)C(=O)OC. The van der Waals surface area contributed by atoms with Gasteiger partial charge in [0.1, 0.15) is 17.9 Å². The predicted molar refractivity (Wildman–Crippen MR) is 96.8 cm³/mol. The van der Waals surface area contributed by atoms with Crippen molar-refractivity contribution in [2.75, 3.05) is 19.0 Å². The number of carbonyl (C=O) groups excluding carboxylic acids is 2. The number of fused-ring (bicyclic) bond motifs is 4. The molecule has 27 heavy (non-hydrogen) atoms. The first-order valence-electron chi connectivity index (χ1n) is 9.60. The van der Waals surface area contributed by atoms with Gasteiger partial charge in [0, 0.05) is 24.6 Å². The summed E-state index contributed by atoms with van der Waals surface area (Å²) in [5.41, 5.74) is 0.303. The molecule has 1 saturated carbocycles. The minimum Gasteiger partial charge on any atom is -0.468 e. The number of piperidine rings is 2. The molecule has 4 heterocycles. The number of hydrogen-bond acceptors (Lipinski definition) is 6. The summed E-state index contributed by atoms with van der Waals surface area (Å²) in [6.45, 7) is 2.73. The van der Waals surface area contributed by atoms with E-state index in [0.717, 1.165) is 29.7 Å². The summed E-state index contributed by atoms with van der Waals surface area (Å²) in [7, 11) is 1.38. The quantitative estimate of drug-likeness (QED) is 0.373. The Balaban J connectivity index is 1.75. The zero-order chi connectivity index (χ0) is 18.6. The molecule has 3 saturated heterocycles. The summed E-state index contributed by atoms with van der Waals surface area (Å²) < 4.78 is 11.9. The van der Waals surface area contributed by atoms with Crippen LogP contribution in [-0.4, -0.2) is 48.8 Å². The lowest BCUT2D eigenvalue weighted by molar-refractivity contribution is -0.182. The maximum atomic E-state index is 13.4. The third-order valence-corrected chi connectivity index (χ3v) is 7.99. The van der Waals surface area contributed by atoms with E-state index in [1.54, 1.807) is 0 Å². The number of rotatable bonds is 2. The van der Waals surface area contributed by atoms with Crippen LogP contribution in [0.15, 0.2) is 35.9 Å². The van der Waals surface area contributed by atoms with Gasteiger partial charge < -0.3 is 19.6 Å². The van der Waals surface area contributed by atoms with Gasteiger partial charge in [-0.2, -0.15) is 0 Å². The standard InChI is InChI=1S/C21H22N2O4/c1-3-12-10-23-16-8-14(12)19(11-24,18(25)26-2)20-9-17(23)27-21(16,20)22-15-7-5-4-6-13(15)20/h3-7,11,14,16-17,22H,8-10H2,1-2H3/b12-3+/t14-,16+,17+,19-,20+,21+/m1/s1. The second-order valence-corrected chi connectivity index (χ2v) is 8.41. The molecule has 0 amide bonds. The molecule has 140 valence electrons. The first-order chi connectivity index (χ1) is 13.1. The number of para-hydroxylation sites is 1. The topological polar surface area (TPSA) is 67.9 Å². The number of aldehydes is 1. The van der Waals surface area contributed by atoms with Crippen LogP contribution in [0.1, 0.15) is 25.3 Å². The van der Waals surface area contributed by atoms with Crippen LogP contribution in [0.25, 0.3) is 0 Å². The minimum atomic E-state index is -1.29. The van der Waals surface area contributed by atoms with Gasteiger partial charge in [0.05, 0.1) is 18.6 Å². The van der Waals surface area contributed by atoms with Crippen molar-refractivity contribution in [1.82, 2.24) is 4.90 Å². The van der Waals surface area contributed by atoms with Crippen molar-refractivity contribution in [3.8, 4) is 0 Å². The number of nitrogens with one attached hydrogen (secondary N) is 1. The van der Waals surface area contributed by atoms with E-state index in [9.17, 15) is 9.59 Å². The predicted octanol–water partition coefficient (Wildman–Crippen LogP) is 1.81. The molecule has 4 fully saturated rings. The van der Waals surface area contributed by atoms with E-state index in [1.165, 1.54) is 7.11 Å². The molecular weight excluding hydrogens is 344 g/mol. The molecule has 0 radical (unpaired) electrons. The first-order valence-corrected chi connectivity index (χ1v) is 9.60. The molecule has 6 heteroatoms. The fourth-order valence-corrected chi connectivity index (χ4v) is 7.14. The highest BCUT2D eigenvalue weighted by Crippen LogP contribution is 2.75. The van der Waals surface area contributed by atoms with Crippen molar-refractivity contribution in [1.29, 1.82) is 0 Å². The lowest BCUT2D eigenvalue weighted by Crippen LogP contribution is -2.78. The molecule has 6 nitrogen and oxygen atoms in total. The number of methoxy groups -OCH3 is 1. The van der Waals surface area contributed by atoms with Gasteiger partial charge in [0.2, 0.25) is 0 Å². The number of carbonyl (C=O) groups is 2. The summed E-state index contributed by atoms with van der Waals surface area (Å²) in [5.74, 6) is -0.611. The van der Waals surface area contributed by atoms with Gasteiger partial charge in [-0.05, 0) is 25.0 Å². The van der Waals surface area contributed by atoms with Crippen LogP contribution in [0.2, 0.25) is 0 Å². The number of benzene rings is 1. The van der Waals surface area contributed by atoms with Gasteiger partial charge in [-0.1, -0.05) is 29.8 Å². The Hall–Kier alpha value is -2.18. The number of ether oxygens (including phenoxy) is 2. The van der Waals surface area contributed by atoms with Gasteiger partial charge >= 0.3 is 5.97 Å². The lowest BCUT2D eigenvalue weighted by Gasteiger charge is -2.63. The smallest absolute Gasteiger partial charge is 0.320 e. The summed E-state index contributed by atoms with van der Waals surface area (Å²) in [5, 5.41) is 3.63. The Kier molecular flexibility index (Phi) is 2.71. The monoisotopic (exact) mass is 366 g/mol. The summed E-state index contributed by atoms with van der Waals surface area (Å²) in [4.78, 5) is 28.7. The number of nitrogens with zero attached hydrogens (tertiary/aromatic N) is 1. The Morgan fingerprint density at radius 1 is 1.41 bits per heavy atom. The van der Waals surface area contributed by atoms with E-state index in [4.69, 9.17) is 9.47 Å². The third-order valence-electron chi connectivity index (χ3n) is 7.99. The fourth-order valence-electron chi connectivity index (χ4n) is 7.14. The molecule has 1 spiro atoms. The van der Waals surface area contributed by atoms with Crippen molar-refractivity contribution in [3.05, 3.63) is 41.5 Å². The zero-order valence-electron chi connectivity index (χ0n) is 15.4. The van der Waals surface area contributed by atoms with E-state index in [-0.39, 0.29) is 18.2 Å². The van der Waals surface area contributed by atoms with Crippen LogP contribution >= 0.6 is 0 Å². The Morgan fingerprint density at radius 3 is 2.96 bits per heavy atom. The molecule has 0 aromatic heterocycles. The number of anilines is 1. The number of esters is 1. The maximum Gasteiger partial charge on any atom is 0.320 e. The van der Waals surface area contributed by atoms with E-state index in [2.05, 4.69) is 16.3 Å². The van der Waals surface area contributed by atoms with Crippen LogP contribution in [0.4, 0.5) is 5.69 Å². The van der Waals surface area contributed by atoms with Gasteiger partial charge in [-0.25, -0.2) is 0 Å². The highest BCUT2D eigenvalue weighted by Gasteiger charge is 2.87. The van der Waals surface area contributed by atoms with E-state index < -0.39 is 22.5 Å². The van der Waals surface area contributed by atoms with Crippen LogP contribution < -0.4 is 5.32 Å². The summed E-state index contributed by atoms with van der Waals surface area (Å²) in [6.07, 6.45) is 4.18. The zero-order valence-corrected chi connectivity index (χ0v) is 15.4. The van der Waals surface area contributed by atoms with Crippen LogP contribution in [0.3, 0.4) is 0 Å². The molecule has 1 aromatic carbocycles. The van der Waals surface area contributed by atoms with E-state index in [0.29, 0.717) is 12.8 Å². The van der Waals surface area contributed by atoms with E-state index in [1.807, 2.05) is 31.2 Å². The molecule has 6 atom stereocenters. The number of allylic oxidation sites excluding steroid dienone is 1. The molecule has 6 rings (SSSR count). The minimum absolute atomic E-state index is 0.101. The highest BCUT2D eigenvalue weighted by atomic mass is 16.6. The maximum absolute atomic E-state index is 13.4. The van der Waals surface area contributed by atoms with Crippen LogP contribution in [0, 0.1) is 11.3 Å². The van der Waals surface area contributed by atoms with E-state index >= 15 is 0 Å². The summed E-state index contributed by atoms with van der Waals surface area (Å²) >= 11 is 0. The van der Waals surface area contributed by atoms with Gasteiger partial charge in [0.15, 0.2) is 5.72 Å². The molecule has 1 N–H and O–H groups in total. The lowest BCUT2D eigenvalue weighted by atomic mass is 9.42. The van der Waals surface area contributed by atoms with Crippen molar-refractivity contribution in [3.63, 3.8) is 0 Å². The largest absolute Gasteiger partial charge is 0.468 e. The molecule has 1 aromatic rings. The highest BCUT2D eigenvalue weighted by molar-refractivity contribution is 5.99. The Morgan fingerprint density at radius 2 is 2.22 bits per heavy atom. The molecule has 4 bridgehead atoms. The second kappa shape index (κ2) is 4.62. The van der Waals surface area contributed by atoms with Crippen LogP contribution in [-0.2, 0) is 24.5 Å². The van der Waals surface area contributed by atoms with Gasteiger partial charge in [-0.3, -0.25) is 9.69 Å². The van der Waals surface area contributed by atoms with Crippen LogP contribution in [0.5, 0.6) is 0 Å². The van der Waals surface area contributed by atoms with Crippen molar-refractivity contribution >= 4 is 17.9 Å². The third kappa shape index (κ3) is 1.32. The summed E-state index contributed by atoms with van der Waals surface area (Å²) in [6, 6.07) is 8.15. The normalized spacial score (nSPS) is 46.9. The van der Waals surface area contributed by atoms with Crippen molar-refractivity contribution in [2.24, 2.45) is 11.3 Å². The second-order valence-electron chi connectivity index (χ2n) is 8.41. The molecule has 0 unspecified atom stereocenters. The van der Waals surface area contributed by atoms with Gasteiger partial charge in [-0.15, -0.1) is 0 Å². The van der Waals surface area contributed by atoms with Gasteiger partial charge in [0.25, 0.3) is 0 Å². The molecule has 5 aliphatic rings. The number of hydrogen-bond donors (Lipinski definition) is 1. The molecular formula is C21H22N2O4. The van der Waals surface area contributed by atoms with Crippen molar-refractivity contribution in [2.45, 2.75) is 43.2 Å². The average molecular weight is 366 g/mol. The Bertz CT molecular complexity index is 929. The molecule has 1 aliphatic carbocycles.